The van der Waals surface area contributed by atoms with E-state index in [2.05, 4.69) is 33.0 Å². The van der Waals surface area contributed by atoms with Gasteiger partial charge in [-0.3, -0.25) is 0 Å². The third-order valence-corrected chi connectivity index (χ3v) is 3.07. The van der Waals surface area contributed by atoms with Gasteiger partial charge in [0.15, 0.2) is 0 Å². The van der Waals surface area contributed by atoms with E-state index in [-0.39, 0.29) is 0 Å². The zero-order valence-electron chi connectivity index (χ0n) is 12.3. The van der Waals surface area contributed by atoms with Gasteiger partial charge in [0.25, 0.3) is 0 Å². The minimum absolute atomic E-state index is 0.406. The smallest absolute Gasteiger partial charge is 0.126 e. The number of benzene rings is 1. The van der Waals surface area contributed by atoms with Crippen LogP contribution in [0.2, 0.25) is 0 Å². The number of hydrogen-bond donors (Lipinski definition) is 1. The van der Waals surface area contributed by atoms with Crippen molar-refractivity contribution in [3.05, 3.63) is 35.4 Å². The Labute approximate surface area is 115 Å². The molecule has 0 bridgehead atoms. The van der Waals surface area contributed by atoms with E-state index in [9.17, 15) is 8.78 Å². The Bertz CT molecular complexity index is 368. The molecule has 19 heavy (non-hydrogen) atoms. The molecule has 108 valence electrons. The molecule has 3 heteroatoms. The van der Waals surface area contributed by atoms with Gasteiger partial charge in [-0.05, 0) is 48.9 Å². The van der Waals surface area contributed by atoms with Crippen LogP contribution in [0.15, 0.2) is 18.2 Å². The van der Waals surface area contributed by atoms with Crippen molar-refractivity contribution in [3.63, 3.8) is 0 Å². The fraction of sp³-hybridized carbons (Fsp3) is 0.625. The number of hydrogen-bond acceptors (Lipinski definition) is 1. The molecule has 1 nitrogen and oxygen atoms in total. The van der Waals surface area contributed by atoms with Gasteiger partial charge < -0.3 is 5.32 Å². The lowest BCUT2D eigenvalue weighted by molar-refractivity contribution is 0.372. The number of halogens is 2. The van der Waals surface area contributed by atoms with Crippen LogP contribution in [0.25, 0.3) is 0 Å². The van der Waals surface area contributed by atoms with E-state index < -0.39 is 11.6 Å². The van der Waals surface area contributed by atoms with Crippen molar-refractivity contribution in [2.24, 2.45) is 11.8 Å². The summed E-state index contributed by atoms with van der Waals surface area (Å²) in [4.78, 5) is 0. The van der Waals surface area contributed by atoms with Gasteiger partial charge >= 0.3 is 0 Å². The maximum Gasteiger partial charge on any atom is 0.126 e. The van der Waals surface area contributed by atoms with Gasteiger partial charge in [-0.25, -0.2) is 8.78 Å². The monoisotopic (exact) mass is 269 g/mol. The van der Waals surface area contributed by atoms with Gasteiger partial charge in [-0.2, -0.15) is 0 Å². The topological polar surface area (TPSA) is 12.0 Å². The molecule has 1 aromatic rings. The zero-order valence-corrected chi connectivity index (χ0v) is 12.3. The van der Waals surface area contributed by atoms with E-state index >= 15 is 0 Å². The molecule has 0 aliphatic heterocycles. The van der Waals surface area contributed by atoms with Crippen molar-refractivity contribution in [1.29, 1.82) is 0 Å². The van der Waals surface area contributed by atoms with Crippen LogP contribution in [-0.4, -0.2) is 12.6 Å². The van der Waals surface area contributed by atoms with Gasteiger partial charge in [0, 0.05) is 12.1 Å². The quantitative estimate of drug-likeness (QED) is 0.783. The summed E-state index contributed by atoms with van der Waals surface area (Å²) in [6.07, 6.45) is 1.77. The van der Waals surface area contributed by atoms with Crippen molar-refractivity contribution < 1.29 is 8.78 Å². The largest absolute Gasteiger partial charge is 0.314 e. The van der Waals surface area contributed by atoms with Crippen molar-refractivity contribution in [3.8, 4) is 0 Å². The first-order valence-corrected chi connectivity index (χ1v) is 7.05. The Balaban J connectivity index is 2.69. The molecule has 0 aliphatic carbocycles. The summed E-state index contributed by atoms with van der Waals surface area (Å²) in [6, 6.07) is 4.23. The van der Waals surface area contributed by atoms with Crippen LogP contribution >= 0.6 is 0 Å². The summed E-state index contributed by atoms with van der Waals surface area (Å²) in [5.74, 6) is 0.00574. The summed E-state index contributed by atoms with van der Waals surface area (Å²) < 4.78 is 26.4. The van der Waals surface area contributed by atoms with Gasteiger partial charge in [-0.15, -0.1) is 0 Å². The molecule has 1 atom stereocenters. The first-order valence-electron chi connectivity index (χ1n) is 7.05. The summed E-state index contributed by atoms with van der Waals surface area (Å²) >= 11 is 0. The van der Waals surface area contributed by atoms with Crippen molar-refractivity contribution in [2.45, 2.75) is 46.6 Å². The van der Waals surface area contributed by atoms with E-state index in [0.717, 1.165) is 24.6 Å². The highest BCUT2D eigenvalue weighted by molar-refractivity contribution is 5.18. The molecule has 0 amide bonds. The maximum atomic E-state index is 13.2. The van der Waals surface area contributed by atoms with Gasteiger partial charge in [-0.1, -0.05) is 27.7 Å². The summed E-state index contributed by atoms with van der Waals surface area (Å²) in [5, 5.41) is 3.41. The van der Waals surface area contributed by atoms with Crippen LogP contribution in [-0.2, 0) is 6.42 Å². The first kappa shape index (κ1) is 16.1. The minimum atomic E-state index is -0.491. The van der Waals surface area contributed by atoms with Crippen LogP contribution in [0.1, 0.15) is 39.7 Å². The highest BCUT2D eigenvalue weighted by Crippen LogP contribution is 2.18. The molecule has 0 saturated carbocycles. The van der Waals surface area contributed by atoms with E-state index in [1.54, 1.807) is 0 Å². The molecule has 0 heterocycles. The number of nitrogens with one attached hydrogen (secondary N) is 1. The molecule has 0 radical (unpaired) electrons. The molecule has 0 spiro atoms. The average Bonchev–Trinajstić information content (AvgIpc) is 2.23. The summed E-state index contributed by atoms with van der Waals surface area (Å²) in [6.45, 7) is 9.44. The Hall–Kier alpha value is -0.960. The van der Waals surface area contributed by atoms with E-state index in [4.69, 9.17) is 0 Å². The first-order chi connectivity index (χ1) is 8.86. The fourth-order valence-corrected chi connectivity index (χ4v) is 2.37. The molecule has 0 saturated heterocycles. The van der Waals surface area contributed by atoms with E-state index in [1.807, 2.05) is 0 Å². The standard InChI is InChI=1S/C16H25F2N/c1-11(2)5-14(10-19-12(3)4)6-13-7-15(17)9-16(18)8-13/h7-9,11-12,14,19H,5-6,10H2,1-4H3. The second kappa shape index (κ2) is 7.59. The van der Waals surface area contributed by atoms with Crippen molar-refractivity contribution >= 4 is 0 Å². The van der Waals surface area contributed by atoms with Gasteiger partial charge in [0.2, 0.25) is 0 Å². The SMILES string of the molecule is CC(C)CC(CNC(C)C)Cc1cc(F)cc(F)c1. The molecule has 1 aromatic carbocycles. The maximum absolute atomic E-state index is 13.2. The van der Waals surface area contributed by atoms with E-state index in [0.29, 0.717) is 24.3 Å². The Kier molecular flexibility index (Phi) is 6.43. The second-order valence-corrected chi connectivity index (χ2v) is 6.04. The van der Waals surface area contributed by atoms with Gasteiger partial charge in [0.1, 0.15) is 11.6 Å². The lowest BCUT2D eigenvalue weighted by atomic mass is 9.90. The Morgan fingerprint density at radius 2 is 1.58 bits per heavy atom. The fourth-order valence-electron chi connectivity index (χ4n) is 2.37. The lowest BCUT2D eigenvalue weighted by Crippen LogP contribution is -2.30. The lowest BCUT2D eigenvalue weighted by Gasteiger charge is -2.21. The highest BCUT2D eigenvalue weighted by atomic mass is 19.1. The molecule has 0 fully saturated rings. The van der Waals surface area contributed by atoms with Crippen molar-refractivity contribution in [2.75, 3.05) is 6.54 Å². The van der Waals surface area contributed by atoms with Gasteiger partial charge in [0.05, 0.1) is 0 Å². The molecule has 0 aromatic heterocycles. The normalized spacial score (nSPS) is 13.3. The third-order valence-electron chi connectivity index (χ3n) is 3.07. The Morgan fingerprint density at radius 1 is 1.00 bits per heavy atom. The average molecular weight is 269 g/mol. The molecular formula is C16H25F2N. The second-order valence-electron chi connectivity index (χ2n) is 6.04. The highest BCUT2D eigenvalue weighted by Gasteiger charge is 2.13. The zero-order chi connectivity index (χ0) is 14.4. The molecule has 0 aliphatic rings. The predicted octanol–water partition coefficient (Wildman–Crippen LogP) is 4.17. The van der Waals surface area contributed by atoms with Crippen LogP contribution in [0.5, 0.6) is 0 Å². The molecule has 1 N–H and O–H groups in total. The predicted molar refractivity (Wildman–Crippen MR) is 76.1 cm³/mol. The third kappa shape index (κ3) is 6.67. The summed E-state index contributed by atoms with van der Waals surface area (Å²) in [5.41, 5.74) is 0.744. The molecule has 1 unspecified atom stereocenters. The van der Waals surface area contributed by atoms with Crippen LogP contribution in [0.3, 0.4) is 0 Å². The summed E-state index contributed by atoms with van der Waals surface area (Å²) in [7, 11) is 0. The van der Waals surface area contributed by atoms with Crippen LogP contribution in [0, 0.1) is 23.5 Å². The van der Waals surface area contributed by atoms with Crippen molar-refractivity contribution in [1.82, 2.24) is 5.32 Å². The molecule has 1 rings (SSSR count). The number of rotatable bonds is 7. The van der Waals surface area contributed by atoms with Crippen LogP contribution < -0.4 is 5.32 Å². The Morgan fingerprint density at radius 3 is 2.05 bits per heavy atom. The van der Waals surface area contributed by atoms with Crippen LogP contribution in [0.4, 0.5) is 8.78 Å². The minimum Gasteiger partial charge on any atom is -0.314 e. The molecular weight excluding hydrogens is 244 g/mol. The van der Waals surface area contributed by atoms with E-state index in [1.165, 1.54) is 12.1 Å².